The summed E-state index contributed by atoms with van der Waals surface area (Å²) in [6, 6.07) is 4.69. The molecule has 0 atom stereocenters. The van der Waals surface area contributed by atoms with Crippen LogP contribution in [0.15, 0.2) is 18.2 Å². The van der Waals surface area contributed by atoms with E-state index < -0.39 is 0 Å². The normalized spacial score (nSPS) is 11.6. The van der Waals surface area contributed by atoms with E-state index in [0.29, 0.717) is 5.82 Å². The predicted molar refractivity (Wildman–Crippen MR) is 93.1 cm³/mol. The average Bonchev–Trinajstić information content (AvgIpc) is 2.40. The van der Waals surface area contributed by atoms with Crippen LogP contribution in [0.1, 0.15) is 32.0 Å². The van der Waals surface area contributed by atoms with E-state index in [1.807, 2.05) is 14.0 Å². The number of hydrogen-bond donors (Lipinski definition) is 1. The molecule has 2 aromatic rings. The fraction of sp³-hybridized carbons (Fsp3) is 0.375. The number of nitrogens with zero attached hydrogens (tertiary/aromatic N) is 2. The molecule has 112 valence electrons. The van der Waals surface area contributed by atoms with Crippen LogP contribution in [0.25, 0.3) is 11.4 Å². The molecule has 1 aromatic carbocycles. The van der Waals surface area contributed by atoms with Gasteiger partial charge in [-0.3, -0.25) is 0 Å². The Hall–Kier alpha value is -1.24. The van der Waals surface area contributed by atoms with Gasteiger partial charge in [-0.2, -0.15) is 0 Å². The van der Waals surface area contributed by atoms with Crippen molar-refractivity contribution >= 4 is 28.4 Å². The molecular formula is C16H19FIN3. The van der Waals surface area contributed by atoms with Gasteiger partial charge in [-0.15, -0.1) is 0 Å². The maximum Gasteiger partial charge on any atom is 0.162 e. The molecule has 0 fully saturated rings. The van der Waals surface area contributed by atoms with Crippen LogP contribution in [-0.4, -0.2) is 17.0 Å². The van der Waals surface area contributed by atoms with E-state index in [1.54, 1.807) is 6.07 Å². The van der Waals surface area contributed by atoms with E-state index in [4.69, 9.17) is 4.98 Å². The first-order valence-electron chi connectivity index (χ1n) is 6.76. The second-order valence-corrected chi connectivity index (χ2v) is 7.10. The smallest absolute Gasteiger partial charge is 0.162 e. The van der Waals surface area contributed by atoms with E-state index in [9.17, 15) is 4.39 Å². The van der Waals surface area contributed by atoms with Gasteiger partial charge in [0.2, 0.25) is 0 Å². The van der Waals surface area contributed by atoms with Gasteiger partial charge < -0.3 is 5.32 Å². The third kappa shape index (κ3) is 3.33. The Kier molecular flexibility index (Phi) is 4.51. The monoisotopic (exact) mass is 399 g/mol. The summed E-state index contributed by atoms with van der Waals surface area (Å²) in [4.78, 5) is 9.24. The fourth-order valence-corrected chi connectivity index (χ4v) is 3.39. The zero-order chi connectivity index (χ0) is 15.8. The van der Waals surface area contributed by atoms with Crippen LogP contribution in [0, 0.1) is 16.3 Å². The highest BCUT2D eigenvalue weighted by atomic mass is 127. The van der Waals surface area contributed by atoms with Gasteiger partial charge in [0.25, 0.3) is 0 Å². The lowest BCUT2D eigenvalue weighted by molar-refractivity contribution is 0.564. The van der Waals surface area contributed by atoms with Crippen LogP contribution in [0.4, 0.5) is 10.2 Å². The molecule has 0 aliphatic rings. The standard InChI is InChI=1S/C16H19FIN3/c1-9-6-7-10(17)8-11(9)14-20-13(16(2,3)4)12(18)15(19-5)21-14/h6-8H,1-5H3,(H,19,20,21). The van der Waals surface area contributed by atoms with Crippen LogP contribution < -0.4 is 5.32 Å². The van der Waals surface area contributed by atoms with Crippen molar-refractivity contribution in [2.24, 2.45) is 0 Å². The van der Waals surface area contributed by atoms with Crippen LogP contribution in [-0.2, 0) is 5.41 Å². The molecule has 0 spiro atoms. The highest BCUT2D eigenvalue weighted by molar-refractivity contribution is 14.1. The number of nitrogens with one attached hydrogen (secondary N) is 1. The summed E-state index contributed by atoms with van der Waals surface area (Å²) in [6.45, 7) is 8.27. The lowest BCUT2D eigenvalue weighted by Gasteiger charge is -2.22. The Balaban J connectivity index is 2.73. The second-order valence-electron chi connectivity index (χ2n) is 6.02. The molecule has 0 radical (unpaired) electrons. The molecule has 2 rings (SSSR count). The third-order valence-corrected chi connectivity index (χ3v) is 4.26. The first-order chi connectivity index (χ1) is 9.74. The number of aryl methyl sites for hydroxylation is 1. The number of hydrogen-bond acceptors (Lipinski definition) is 3. The van der Waals surface area contributed by atoms with Crippen molar-refractivity contribution in [1.82, 2.24) is 9.97 Å². The van der Waals surface area contributed by atoms with Gasteiger partial charge >= 0.3 is 0 Å². The highest BCUT2D eigenvalue weighted by Crippen LogP contribution is 2.32. The second kappa shape index (κ2) is 5.87. The summed E-state index contributed by atoms with van der Waals surface area (Å²) < 4.78 is 14.6. The minimum absolute atomic E-state index is 0.110. The average molecular weight is 399 g/mol. The molecule has 1 N–H and O–H groups in total. The first kappa shape index (κ1) is 16.1. The molecular weight excluding hydrogens is 380 g/mol. The number of aromatic nitrogens is 2. The van der Waals surface area contributed by atoms with Crippen LogP contribution in [0.2, 0.25) is 0 Å². The number of rotatable bonds is 2. The van der Waals surface area contributed by atoms with Crippen molar-refractivity contribution in [1.29, 1.82) is 0 Å². The van der Waals surface area contributed by atoms with Gasteiger partial charge in [0.05, 0.1) is 9.26 Å². The van der Waals surface area contributed by atoms with Crippen LogP contribution in [0.5, 0.6) is 0 Å². The van der Waals surface area contributed by atoms with Gasteiger partial charge in [0.1, 0.15) is 11.6 Å². The zero-order valence-electron chi connectivity index (χ0n) is 12.9. The van der Waals surface area contributed by atoms with E-state index >= 15 is 0 Å². The predicted octanol–water partition coefficient (Wildman–Crippen LogP) is 4.53. The molecule has 0 bridgehead atoms. The lowest BCUT2D eigenvalue weighted by Crippen LogP contribution is -2.18. The first-order valence-corrected chi connectivity index (χ1v) is 7.84. The van der Waals surface area contributed by atoms with Crippen LogP contribution in [0.3, 0.4) is 0 Å². The summed E-state index contributed by atoms with van der Waals surface area (Å²) in [5.74, 6) is 1.05. The molecule has 0 aliphatic carbocycles. The Morgan fingerprint density at radius 2 is 1.86 bits per heavy atom. The number of halogens is 2. The van der Waals surface area contributed by atoms with E-state index in [1.165, 1.54) is 12.1 Å². The summed E-state index contributed by atoms with van der Waals surface area (Å²) >= 11 is 2.26. The Bertz CT molecular complexity index is 678. The maximum absolute atomic E-state index is 13.6. The SMILES string of the molecule is CNc1nc(-c2cc(F)ccc2C)nc(C(C)(C)C)c1I. The van der Waals surface area contributed by atoms with Crippen molar-refractivity contribution in [3.05, 3.63) is 38.8 Å². The molecule has 0 amide bonds. The minimum atomic E-state index is -0.277. The van der Waals surface area contributed by atoms with Crippen molar-refractivity contribution < 1.29 is 4.39 Å². The van der Waals surface area contributed by atoms with Crippen LogP contribution >= 0.6 is 22.6 Å². The quantitative estimate of drug-likeness (QED) is 0.754. The van der Waals surface area contributed by atoms with E-state index in [-0.39, 0.29) is 11.2 Å². The molecule has 21 heavy (non-hydrogen) atoms. The molecule has 0 unspecified atom stereocenters. The van der Waals surface area contributed by atoms with Crippen molar-refractivity contribution in [3.63, 3.8) is 0 Å². The van der Waals surface area contributed by atoms with Gasteiger partial charge in [0, 0.05) is 18.0 Å². The third-order valence-electron chi connectivity index (χ3n) is 3.24. The van der Waals surface area contributed by atoms with Gasteiger partial charge in [-0.25, -0.2) is 14.4 Å². The van der Waals surface area contributed by atoms with Crippen molar-refractivity contribution in [2.45, 2.75) is 33.1 Å². The minimum Gasteiger partial charge on any atom is -0.372 e. The summed E-state index contributed by atoms with van der Waals surface area (Å²) in [5, 5.41) is 3.10. The zero-order valence-corrected chi connectivity index (χ0v) is 15.0. The number of anilines is 1. The number of benzene rings is 1. The largest absolute Gasteiger partial charge is 0.372 e. The maximum atomic E-state index is 13.6. The van der Waals surface area contributed by atoms with Crippen molar-refractivity contribution in [3.8, 4) is 11.4 Å². The lowest BCUT2D eigenvalue weighted by atomic mass is 9.91. The molecule has 0 saturated heterocycles. The van der Waals surface area contributed by atoms with Gasteiger partial charge in [-0.05, 0) is 47.2 Å². The topological polar surface area (TPSA) is 37.8 Å². The molecule has 5 heteroatoms. The van der Waals surface area contributed by atoms with Crippen molar-refractivity contribution in [2.75, 3.05) is 12.4 Å². The van der Waals surface area contributed by atoms with E-state index in [0.717, 1.165) is 26.2 Å². The molecule has 1 heterocycles. The molecule has 1 aromatic heterocycles. The van der Waals surface area contributed by atoms with Gasteiger partial charge in [0.15, 0.2) is 5.82 Å². The highest BCUT2D eigenvalue weighted by Gasteiger charge is 2.23. The molecule has 3 nitrogen and oxygen atoms in total. The molecule has 0 aliphatic heterocycles. The molecule has 0 saturated carbocycles. The Morgan fingerprint density at radius 3 is 2.43 bits per heavy atom. The van der Waals surface area contributed by atoms with E-state index in [2.05, 4.69) is 53.7 Å². The fourth-order valence-electron chi connectivity index (χ4n) is 2.07. The Morgan fingerprint density at radius 1 is 1.19 bits per heavy atom. The van der Waals surface area contributed by atoms with Gasteiger partial charge in [-0.1, -0.05) is 26.8 Å². The summed E-state index contributed by atoms with van der Waals surface area (Å²) in [5.41, 5.74) is 2.54. The summed E-state index contributed by atoms with van der Waals surface area (Å²) in [7, 11) is 1.83. The Labute approximate surface area is 138 Å². The summed E-state index contributed by atoms with van der Waals surface area (Å²) in [6.07, 6.45) is 0.